The number of hydrogen-bond donors (Lipinski definition) is 4. The van der Waals surface area contributed by atoms with E-state index in [1.165, 1.54) is 16.7 Å². The van der Waals surface area contributed by atoms with Crippen LogP contribution in [0, 0.1) is 0 Å². The van der Waals surface area contributed by atoms with E-state index in [9.17, 15) is 24.3 Å². The van der Waals surface area contributed by atoms with E-state index in [4.69, 9.17) is 10.8 Å². The molecule has 2 saturated heterocycles. The summed E-state index contributed by atoms with van der Waals surface area (Å²) in [7, 11) is 0. The van der Waals surface area contributed by atoms with E-state index in [-0.39, 0.29) is 5.91 Å². The molecule has 5 N–H and O–H groups in total. The van der Waals surface area contributed by atoms with Gasteiger partial charge in [-0.2, -0.15) is 0 Å². The van der Waals surface area contributed by atoms with Gasteiger partial charge in [-0.3, -0.25) is 14.4 Å². The molecule has 2 fully saturated rings. The Morgan fingerprint density at radius 3 is 2.27 bits per heavy atom. The van der Waals surface area contributed by atoms with Crippen molar-refractivity contribution in [3.05, 3.63) is 0 Å². The molecular formula is C16H26N4O6. The highest BCUT2D eigenvalue weighted by molar-refractivity contribution is 5.94. The Labute approximate surface area is 151 Å². The molecule has 2 heterocycles. The molecule has 26 heavy (non-hydrogen) atoms. The molecule has 0 aromatic rings. The number of aliphatic hydroxyl groups excluding tert-OH is 1. The van der Waals surface area contributed by atoms with E-state index in [0.29, 0.717) is 38.8 Å². The van der Waals surface area contributed by atoms with Gasteiger partial charge in [-0.15, -0.1) is 0 Å². The number of aliphatic hydroxyl groups is 1. The van der Waals surface area contributed by atoms with Gasteiger partial charge in [0.15, 0.2) is 0 Å². The first-order chi connectivity index (χ1) is 12.3. The SMILES string of the molecule is CC(NC(=O)C(N)CO)C(=O)N1CCCC1C(=O)N1CCCC1C(=O)O. The van der Waals surface area contributed by atoms with Crippen molar-refractivity contribution in [3.8, 4) is 0 Å². The van der Waals surface area contributed by atoms with Crippen molar-refractivity contribution < 1.29 is 29.4 Å². The number of aliphatic carboxylic acids is 1. The molecule has 2 aliphatic rings. The molecule has 0 aliphatic carbocycles. The molecule has 4 atom stereocenters. The third-order valence-corrected chi connectivity index (χ3v) is 4.90. The van der Waals surface area contributed by atoms with E-state index in [2.05, 4.69) is 5.32 Å². The number of carbonyl (C=O) groups excluding carboxylic acids is 3. The summed E-state index contributed by atoms with van der Waals surface area (Å²) < 4.78 is 0. The maximum absolute atomic E-state index is 12.8. The smallest absolute Gasteiger partial charge is 0.326 e. The third-order valence-electron chi connectivity index (χ3n) is 4.90. The fraction of sp³-hybridized carbons (Fsp3) is 0.750. The summed E-state index contributed by atoms with van der Waals surface area (Å²) in [4.78, 5) is 51.3. The van der Waals surface area contributed by atoms with Crippen molar-refractivity contribution in [3.63, 3.8) is 0 Å². The zero-order chi connectivity index (χ0) is 19.4. The minimum Gasteiger partial charge on any atom is -0.480 e. The van der Waals surface area contributed by atoms with Gasteiger partial charge in [0.05, 0.1) is 6.61 Å². The van der Waals surface area contributed by atoms with Crippen LogP contribution in [0.3, 0.4) is 0 Å². The van der Waals surface area contributed by atoms with Gasteiger partial charge in [0, 0.05) is 13.1 Å². The Balaban J connectivity index is 2.04. The standard InChI is InChI=1S/C16H26N4O6/c1-9(18-13(22)10(17)8-21)14(23)19-6-2-4-11(19)15(24)20-7-3-5-12(20)16(25)26/h9-12,21H,2-8,17H2,1H3,(H,18,22)(H,25,26). The predicted octanol–water partition coefficient (Wildman–Crippen LogP) is -2.12. The zero-order valence-electron chi connectivity index (χ0n) is 14.8. The Morgan fingerprint density at radius 1 is 1.12 bits per heavy atom. The van der Waals surface area contributed by atoms with Crippen LogP contribution in [0.2, 0.25) is 0 Å². The van der Waals surface area contributed by atoms with Gasteiger partial charge in [-0.1, -0.05) is 0 Å². The lowest BCUT2D eigenvalue weighted by Crippen LogP contribution is -2.56. The normalized spacial score (nSPS) is 25.0. The summed E-state index contributed by atoms with van der Waals surface area (Å²) in [6, 6.07) is -3.59. The second-order valence-electron chi connectivity index (χ2n) is 6.74. The first-order valence-electron chi connectivity index (χ1n) is 8.78. The predicted molar refractivity (Wildman–Crippen MR) is 89.8 cm³/mol. The number of nitrogens with two attached hydrogens (primary N) is 1. The molecule has 2 aliphatic heterocycles. The number of rotatable bonds is 6. The van der Waals surface area contributed by atoms with E-state index >= 15 is 0 Å². The van der Waals surface area contributed by atoms with Crippen LogP contribution in [0.1, 0.15) is 32.6 Å². The van der Waals surface area contributed by atoms with Gasteiger partial charge in [-0.05, 0) is 32.6 Å². The van der Waals surface area contributed by atoms with Crippen molar-refractivity contribution >= 4 is 23.7 Å². The molecule has 2 rings (SSSR count). The minimum absolute atomic E-state index is 0.355. The molecule has 0 aromatic carbocycles. The van der Waals surface area contributed by atoms with Crippen LogP contribution in [0.25, 0.3) is 0 Å². The second-order valence-corrected chi connectivity index (χ2v) is 6.74. The summed E-state index contributed by atoms with van der Waals surface area (Å²) in [6.45, 7) is 1.68. The molecule has 0 bridgehead atoms. The number of carbonyl (C=O) groups is 4. The van der Waals surface area contributed by atoms with Crippen LogP contribution in [-0.2, 0) is 19.2 Å². The Hall–Kier alpha value is -2.20. The highest BCUT2D eigenvalue weighted by Gasteiger charge is 2.42. The fourth-order valence-electron chi connectivity index (χ4n) is 3.48. The highest BCUT2D eigenvalue weighted by atomic mass is 16.4. The number of nitrogens with one attached hydrogen (secondary N) is 1. The van der Waals surface area contributed by atoms with Gasteiger partial charge < -0.3 is 31.1 Å². The van der Waals surface area contributed by atoms with Gasteiger partial charge in [0.25, 0.3) is 0 Å². The fourth-order valence-corrected chi connectivity index (χ4v) is 3.48. The van der Waals surface area contributed by atoms with Crippen LogP contribution in [0.15, 0.2) is 0 Å². The number of carboxylic acids is 1. The molecule has 0 radical (unpaired) electrons. The Bertz CT molecular complexity index is 583. The molecule has 0 spiro atoms. The summed E-state index contributed by atoms with van der Waals surface area (Å²) in [5, 5.41) is 20.6. The lowest BCUT2D eigenvalue weighted by atomic mass is 10.1. The van der Waals surface area contributed by atoms with Crippen LogP contribution in [-0.4, -0.2) is 87.6 Å². The molecule has 0 saturated carbocycles. The van der Waals surface area contributed by atoms with E-state index in [1.807, 2.05) is 0 Å². The summed E-state index contributed by atoms with van der Waals surface area (Å²) in [5.74, 6) is -2.47. The highest BCUT2D eigenvalue weighted by Crippen LogP contribution is 2.25. The number of amides is 3. The Kier molecular flexibility index (Phi) is 6.54. The summed E-state index contributed by atoms with van der Waals surface area (Å²) in [6.07, 6.45) is 2.12. The average molecular weight is 370 g/mol. The zero-order valence-corrected chi connectivity index (χ0v) is 14.8. The number of nitrogens with zero attached hydrogens (tertiary/aromatic N) is 2. The quantitative estimate of drug-likeness (QED) is 0.417. The molecule has 3 amide bonds. The molecular weight excluding hydrogens is 344 g/mol. The number of carboxylic acid groups (broad SMARTS) is 1. The average Bonchev–Trinajstić information content (AvgIpc) is 3.28. The molecule has 10 heteroatoms. The topological polar surface area (TPSA) is 153 Å². The van der Waals surface area contributed by atoms with E-state index in [0.717, 1.165) is 0 Å². The van der Waals surface area contributed by atoms with Gasteiger partial charge >= 0.3 is 5.97 Å². The van der Waals surface area contributed by atoms with Gasteiger partial charge in [-0.25, -0.2) is 4.79 Å². The lowest BCUT2D eigenvalue weighted by molar-refractivity contribution is -0.152. The van der Waals surface area contributed by atoms with Crippen LogP contribution in [0.4, 0.5) is 0 Å². The molecule has 0 aromatic heterocycles. The van der Waals surface area contributed by atoms with Crippen LogP contribution >= 0.6 is 0 Å². The number of likely N-dealkylation sites (tertiary alicyclic amines) is 2. The van der Waals surface area contributed by atoms with Crippen molar-refractivity contribution in [2.75, 3.05) is 19.7 Å². The molecule has 146 valence electrons. The van der Waals surface area contributed by atoms with Gasteiger partial charge in [0.2, 0.25) is 17.7 Å². The summed E-state index contributed by atoms with van der Waals surface area (Å²) in [5.41, 5.74) is 5.42. The molecule has 4 unspecified atom stereocenters. The minimum atomic E-state index is -1.12. The van der Waals surface area contributed by atoms with E-state index in [1.54, 1.807) is 0 Å². The maximum atomic E-state index is 12.8. The third kappa shape index (κ3) is 4.13. The maximum Gasteiger partial charge on any atom is 0.326 e. The second kappa shape index (κ2) is 8.45. The Morgan fingerprint density at radius 2 is 1.69 bits per heavy atom. The lowest BCUT2D eigenvalue weighted by Gasteiger charge is -2.31. The monoisotopic (exact) mass is 370 g/mol. The van der Waals surface area contributed by atoms with Crippen LogP contribution < -0.4 is 11.1 Å². The van der Waals surface area contributed by atoms with Crippen molar-refractivity contribution in [1.82, 2.24) is 15.1 Å². The van der Waals surface area contributed by atoms with Crippen molar-refractivity contribution in [1.29, 1.82) is 0 Å². The molecule has 10 nitrogen and oxygen atoms in total. The summed E-state index contributed by atoms with van der Waals surface area (Å²) >= 11 is 0. The largest absolute Gasteiger partial charge is 0.480 e. The van der Waals surface area contributed by atoms with Crippen molar-refractivity contribution in [2.24, 2.45) is 5.73 Å². The first kappa shape index (κ1) is 20.1. The van der Waals surface area contributed by atoms with Crippen molar-refractivity contribution in [2.45, 2.75) is 56.8 Å². The number of hydrogen-bond acceptors (Lipinski definition) is 6. The van der Waals surface area contributed by atoms with Crippen LogP contribution in [0.5, 0.6) is 0 Å². The first-order valence-corrected chi connectivity index (χ1v) is 8.78. The van der Waals surface area contributed by atoms with Gasteiger partial charge in [0.1, 0.15) is 24.2 Å². The van der Waals surface area contributed by atoms with E-state index < -0.39 is 48.6 Å².